The maximum Gasteiger partial charge on any atom is 0.310 e. The van der Waals surface area contributed by atoms with Gasteiger partial charge >= 0.3 is 5.97 Å². The number of carbonyl (C=O) groups excluding carboxylic acids is 1. The predicted molar refractivity (Wildman–Crippen MR) is 91.6 cm³/mol. The summed E-state index contributed by atoms with van der Waals surface area (Å²) in [6.07, 6.45) is 7.45. The van der Waals surface area contributed by atoms with E-state index in [4.69, 9.17) is 4.74 Å². The standard InChI is InChI=1S/C20H36O2/c1-18(2,3)16(15-13-19(15,4)5)17(21)22-20(6,7)14-11-9-8-10-12-14/h14-16H,8-13H2,1-7H3. The molecule has 0 spiro atoms. The fraction of sp³-hybridized carbons (Fsp3) is 0.950. The Labute approximate surface area is 137 Å². The van der Waals surface area contributed by atoms with Crippen LogP contribution in [-0.2, 0) is 9.53 Å². The van der Waals surface area contributed by atoms with Gasteiger partial charge in [-0.15, -0.1) is 0 Å². The third-order valence-electron chi connectivity index (χ3n) is 6.13. The van der Waals surface area contributed by atoms with E-state index in [1.165, 1.54) is 32.1 Å². The number of carbonyl (C=O) groups is 1. The summed E-state index contributed by atoms with van der Waals surface area (Å²) < 4.78 is 6.12. The SMILES string of the molecule is CC(C)(C)C(C(=O)OC(C)(C)C1CCCCC1)C1CC1(C)C. The molecule has 0 N–H and O–H groups in total. The van der Waals surface area contributed by atoms with Crippen LogP contribution in [-0.4, -0.2) is 11.6 Å². The van der Waals surface area contributed by atoms with Crippen LogP contribution in [0.3, 0.4) is 0 Å². The second-order valence-electron chi connectivity index (χ2n) is 10.0. The van der Waals surface area contributed by atoms with Crippen LogP contribution < -0.4 is 0 Å². The Morgan fingerprint density at radius 3 is 1.95 bits per heavy atom. The molecule has 128 valence electrons. The summed E-state index contributed by atoms with van der Waals surface area (Å²) in [6, 6.07) is 0. The highest BCUT2D eigenvalue weighted by Crippen LogP contribution is 2.60. The van der Waals surface area contributed by atoms with E-state index < -0.39 is 0 Å². The minimum Gasteiger partial charge on any atom is -0.459 e. The fourth-order valence-corrected chi connectivity index (χ4v) is 4.40. The van der Waals surface area contributed by atoms with Crippen LogP contribution in [0.4, 0.5) is 0 Å². The molecule has 2 unspecified atom stereocenters. The van der Waals surface area contributed by atoms with Crippen molar-refractivity contribution in [2.45, 2.75) is 92.6 Å². The minimum atomic E-state index is -0.319. The highest BCUT2D eigenvalue weighted by molar-refractivity contribution is 5.75. The summed E-state index contributed by atoms with van der Waals surface area (Å²) in [6.45, 7) is 15.3. The van der Waals surface area contributed by atoms with Crippen molar-refractivity contribution in [2.24, 2.45) is 28.6 Å². The summed E-state index contributed by atoms with van der Waals surface area (Å²) in [5, 5.41) is 0. The van der Waals surface area contributed by atoms with Crippen LogP contribution in [0, 0.1) is 28.6 Å². The molecule has 0 bridgehead atoms. The number of ether oxygens (including phenoxy) is 1. The predicted octanol–water partition coefficient (Wildman–Crippen LogP) is 5.60. The Hall–Kier alpha value is -0.530. The molecule has 0 heterocycles. The molecule has 2 aliphatic carbocycles. The Morgan fingerprint density at radius 1 is 1.05 bits per heavy atom. The lowest BCUT2D eigenvalue weighted by atomic mass is 9.75. The van der Waals surface area contributed by atoms with Crippen molar-refractivity contribution in [3.8, 4) is 0 Å². The zero-order chi connectivity index (χ0) is 16.8. The average Bonchev–Trinajstić information content (AvgIpc) is 2.96. The second kappa shape index (κ2) is 5.83. The van der Waals surface area contributed by atoms with Crippen molar-refractivity contribution in [3.05, 3.63) is 0 Å². The zero-order valence-corrected chi connectivity index (χ0v) is 15.8. The molecule has 0 saturated heterocycles. The van der Waals surface area contributed by atoms with Gasteiger partial charge in [0.1, 0.15) is 5.60 Å². The summed E-state index contributed by atoms with van der Waals surface area (Å²) in [5.74, 6) is 1.06. The molecule has 2 nitrogen and oxygen atoms in total. The Balaban J connectivity index is 2.07. The molecule has 22 heavy (non-hydrogen) atoms. The van der Waals surface area contributed by atoms with Gasteiger partial charge in [0.15, 0.2) is 0 Å². The second-order valence-corrected chi connectivity index (χ2v) is 10.0. The van der Waals surface area contributed by atoms with E-state index in [1.54, 1.807) is 0 Å². The summed E-state index contributed by atoms with van der Waals surface area (Å²) in [4.78, 5) is 13.0. The Morgan fingerprint density at radius 2 is 1.55 bits per heavy atom. The van der Waals surface area contributed by atoms with E-state index in [0.717, 1.165) is 6.42 Å². The number of rotatable bonds is 4. The van der Waals surface area contributed by atoms with Gasteiger partial charge in [-0.3, -0.25) is 4.79 Å². The third-order valence-corrected chi connectivity index (χ3v) is 6.13. The van der Waals surface area contributed by atoms with Crippen LogP contribution in [0.15, 0.2) is 0 Å². The molecule has 2 atom stereocenters. The van der Waals surface area contributed by atoms with Crippen molar-refractivity contribution in [3.63, 3.8) is 0 Å². The molecular formula is C20H36O2. The molecule has 0 aromatic rings. The monoisotopic (exact) mass is 308 g/mol. The van der Waals surface area contributed by atoms with Gasteiger partial charge in [-0.2, -0.15) is 0 Å². The third kappa shape index (κ3) is 3.86. The van der Waals surface area contributed by atoms with Gasteiger partial charge in [0.05, 0.1) is 5.92 Å². The average molecular weight is 309 g/mol. The first-order chi connectivity index (χ1) is 9.95. The lowest BCUT2D eigenvalue weighted by Gasteiger charge is -2.39. The van der Waals surface area contributed by atoms with Crippen LogP contribution in [0.5, 0.6) is 0 Å². The van der Waals surface area contributed by atoms with Gasteiger partial charge in [0.25, 0.3) is 0 Å². The first-order valence-electron chi connectivity index (χ1n) is 9.18. The van der Waals surface area contributed by atoms with E-state index in [9.17, 15) is 4.79 Å². The lowest BCUT2D eigenvalue weighted by molar-refractivity contribution is -0.173. The molecule has 0 amide bonds. The van der Waals surface area contributed by atoms with Crippen LogP contribution in [0.1, 0.15) is 87.0 Å². The van der Waals surface area contributed by atoms with E-state index in [0.29, 0.717) is 17.3 Å². The first kappa shape index (κ1) is 17.8. The lowest BCUT2D eigenvalue weighted by Crippen LogP contribution is -2.43. The number of hydrogen-bond donors (Lipinski definition) is 0. The van der Waals surface area contributed by atoms with Crippen LogP contribution >= 0.6 is 0 Å². The van der Waals surface area contributed by atoms with Crippen molar-refractivity contribution in [1.29, 1.82) is 0 Å². The fourth-order valence-electron chi connectivity index (χ4n) is 4.40. The number of esters is 1. The van der Waals surface area contributed by atoms with Crippen molar-refractivity contribution in [2.75, 3.05) is 0 Å². The molecule has 2 saturated carbocycles. The number of hydrogen-bond acceptors (Lipinski definition) is 2. The highest BCUT2D eigenvalue weighted by atomic mass is 16.6. The maximum atomic E-state index is 13.0. The molecule has 2 aliphatic rings. The normalized spacial score (nSPS) is 27.3. The molecule has 2 heteroatoms. The minimum absolute atomic E-state index is 0.0189. The van der Waals surface area contributed by atoms with Gasteiger partial charge in [-0.25, -0.2) is 0 Å². The maximum absolute atomic E-state index is 13.0. The molecule has 2 rings (SSSR count). The van der Waals surface area contributed by atoms with Gasteiger partial charge < -0.3 is 4.74 Å². The quantitative estimate of drug-likeness (QED) is 0.632. The van der Waals surface area contributed by atoms with E-state index in [-0.39, 0.29) is 22.9 Å². The molecule has 0 aromatic heterocycles. The molecular weight excluding hydrogens is 272 g/mol. The molecule has 0 aliphatic heterocycles. The first-order valence-corrected chi connectivity index (χ1v) is 9.18. The Kier molecular flexibility index (Phi) is 4.73. The zero-order valence-electron chi connectivity index (χ0n) is 15.8. The highest BCUT2D eigenvalue weighted by Gasteiger charge is 2.57. The molecule has 0 aromatic carbocycles. The summed E-state index contributed by atoms with van der Waals surface area (Å²) in [5.41, 5.74) is -0.0514. The largest absolute Gasteiger partial charge is 0.459 e. The van der Waals surface area contributed by atoms with Crippen molar-refractivity contribution >= 4 is 5.97 Å². The Bertz CT molecular complexity index is 408. The van der Waals surface area contributed by atoms with Gasteiger partial charge in [-0.05, 0) is 55.8 Å². The van der Waals surface area contributed by atoms with Crippen LogP contribution in [0.2, 0.25) is 0 Å². The molecule has 0 radical (unpaired) electrons. The smallest absolute Gasteiger partial charge is 0.310 e. The van der Waals surface area contributed by atoms with Crippen molar-refractivity contribution < 1.29 is 9.53 Å². The van der Waals surface area contributed by atoms with E-state index >= 15 is 0 Å². The summed E-state index contributed by atoms with van der Waals surface area (Å²) >= 11 is 0. The van der Waals surface area contributed by atoms with Gasteiger partial charge in [0.2, 0.25) is 0 Å². The van der Waals surface area contributed by atoms with E-state index in [2.05, 4.69) is 48.5 Å². The van der Waals surface area contributed by atoms with Crippen LogP contribution in [0.25, 0.3) is 0 Å². The molecule has 2 fully saturated rings. The van der Waals surface area contributed by atoms with Gasteiger partial charge in [0, 0.05) is 0 Å². The summed E-state index contributed by atoms with van der Waals surface area (Å²) in [7, 11) is 0. The van der Waals surface area contributed by atoms with Crippen molar-refractivity contribution in [1.82, 2.24) is 0 Å². The topological polar surface area (TPSA) is 26.3 Å². The van der Waals surface area contributed by atoms with Gasteiger partial charge in [-0.1, -0.05) is 53.9 Å². The van der Waals surface area contributed by atoms with E-state index in [1.807, 2.05) is 0 Å².